The van der Waals surface area contributed by atoms with Crippen molar-refractivity contribution in [3.05, 3.63) is 45.9 Å². The molecule has 1 aliphatic rings. The first kappa shape index (κ1) is 52.0. The van der Waals surface area contributed by atoms with Crippen LogP contribution in [0.15, 0.2) is 29.6 Å². The summed E-state index contributed by atoms with van der Waals surface area (Å²) in [6, 6.07) is 5.23. The monoisotopic (exact) mass is 884 g/mol. The number of carbonyl (C=O) groups is 6. The first-order valence-electron chi connectivity index (χ1n) is 22.7. The van der Waals surface area contributed by atoms with Crippen molar-refractivity contribution in [1.82, 2.24) is 25.4 Å². The smallest absolute Gasteiger partial charge is 0.325 e. The van der Waals surface area contributed by atoms with Gasteiger partial charge in [0.05, 0.1) is 17.7 Å². The number of thiazole rings is 1. The van der Waals surface area contributed by atoms with Gasteiger partial charge >= 0.3 is 11.9 Å². The van der Waals surface area contributed by atoms with Gasteiger partial charge < -0.3 is 30.1 Å². The number of ether oxygens (including phenoxy) is 2. The Morgan fingerprint density at radius 1 is 0.952 bits per heavy atom. The van der Waals surface area contributed by atoms with Crippen LogP contribution in [0.3, 0.4) is 0 Å². The van der Waals surface area contributed by atoms with Crippen molar-refractivity contribution in [3.8, 4) is 5.75 Å². The van der Waals surface area contributed by atoms with Crippen LogP contribution >= 0.6 is 11.3 Å². The summed E-state index contributed by atoms with van der Waals surface area (Å²) in [5.41, 5.74) is 1.22. The number of aromatic hydroxyl groups is 1. The maximum Gasteiger partial charge on any atom is 0.325 e. The largest absolute Gasteiger partial charge is 0.508 e. The molecule has 346 valence electrons. The van der Waals surface area contributed by atoms with E-state index in [-0.39, 0.29) is 91.7 Å². The van der Waals surface area contributed by atoms with E-state index in [0.717, 1.165) is 36.4 Å². The van der Waals surface area contributed by atoms with Crippen LogP contribution in [0.25, 0.3) is 0 Å². The van der Waals surface area contributed by atoms with E-state index >= 15 is 0 Å². The van der Waals surface area contributed by atoms with Crippen molar-refractivity contribution in [3.63, 3.8) is 0 Å². The SMILES string of the molecule is CCCOC(=O)CNC(=O)[C@@H](C)C[C@@H](CC(=O)c1csc([C@H](C)C[C@H](C(C)C)N(COC(=O)CCC)C(=O)[C@@H](NC(=O)[C@H]2CCCCN2C)C(C)CC)n1)Cc1ccc(O)cc1. The van der Waals surface area contributed by atoms with E-state index in [2.05, 4.69) is 10.6 Å². The quantitative estimate of drug-likeness (QED) is 0.0501. The number of benzene rings is 1. The third-order valence-electron chi connectivity index (χ3n) is 11.9. The number of Topliss-reactive ketones (excluding diaryl/α,β-unsaturated/α-hetero) is 1. The van der Waals surface area contributed by atoms with E-state index in [4.69, 9.17) is 14.5 Å². The molecule has 14 nitrogen and oxygen atoms in total. The molecule has 2 aromatic rings. The highest BCUT2D eigenvalue weighted by Crippen LogP contribution is 2.31. The Morgan fingerprint density at radius 2 is 1.66 bits per heavy atom. The second kappa shape index (κ2) is 26.3. The van der Waals surface area contributed by atoms with Gasteiger partial charge in [0.1, 0.15) is 24.0 Å². The molecule has 1 saturated heterocycles. The molecule has 1 unspecified atom stereocenters. The Hall–Kier alpha value is -4.37. The van der Waals surface area contributed by atoms with E-state index in [1.165, 1.54) is 11.3 Å². The lowest BCUT2D eigenvalue weighted by Crippen LogP contribution is -2.59. The van der Waals surface area contributed by atoms with Crippen molar-refractivity contribution in [2.24, 2.45) is 23.7 Å². The highest BCUT2D eigenvalue weighted by atomic mass is 32.1. The average Bonchev–Trinajstić information content (AvgIpc) is 3.75. The molecule has 0 bridgehead atoms. The zero-order chi connectivity index (χ0) is 45.9. The molecular weight excluding hydrogens is 811 g/mol. The minimum absolute atomic E-state index is 0.0630. The summed E-state index contributed by atoms with van der Waals surface area (Å²) in [5.74, 6) is -2.92. The molecule has 0 saturated carbocycles. The molecule has 3 N–H and O–H groups in total. The van der Waals surface area contributed by atoms with Gasteiger partial charge in [0.15, 0.2) is 12.5 Å². The van der Waals surface area contributed by atoms with Gasteiger partial charge in [0.2, 0.25) is 17.7 Å². The fourth-order valence-electron chi connectivity index (χ4n) is 7.90. The van der Waals surface area contributed by atoms with Crippen LogP contribution in [-0.2, 0) is 39.9 Å². The fourth-order valence-corrected chi connectivity index (χ4v) is 8.80. The molecule has 1 aromatic carbocycles. The topological polar surface area (TPSA) is 185 Å². The lowest BCUT2D eigenvalue weighted by atomic mass is 9.85. The molecular formula is C47H73N5O9S. The van der Waals surface area contributed by atoms with Gasteiger partial charge in [-0.25, -0.2) is 4.98 Å². The summed E-state index contributed by atoms with van der Waals surface area (Å²) in [6.45, 7) is 16.1. The summed E-state index contributed by atoms with van der Waals surface area (Å²) in [4.78, 5) is 88.5. The zero-order valence-electron chi connectivity index (χ0n) is 38.6. The van der Waals surface area contributed by atoms with Crippen molar-refractivity contribution in [2.45, 2.75) is 150 Å². The molecule has 62 heavy (non-hydrogen) atoms. The number of likely N-dealkylation sites (N-methyl/N-ethyl adjacent to an activating group) is 1. The predicted molar refractivity (Wildman–Crippen MR) is 240 cm³/mol. The number of phenolic OH excluding ortho intramolecular Hbond substituents is 1. The number of hydrogen-bond donors (Lipinski definition) is 3. The number of nitrogens with zero attached hydrogens (tertiary/aromatic N) is 3. The minimum atomic E-state index is -0.820. The number of piperidine rings is 1. The Balaban J connectivity index is 1.83. The number of ketones is 1. The molecule has 1 fully saturated rings. The number of amides is 3. The molecule has 0 aliphatic carbocycles. The number of likely N-dealkylation sites (tertiary alicyclic amines) is 1. The van der Waals surface area contributed by atoms with E-state index in [0.29, 0.717) is 44.2 Å². The summed E-state index contributed by atoms with van der Waals surface area (Å²) in [5, 5.41) is 18.1. The minimum Gasteiger partial charge on any atom is -0.508 e. The molecule has 0 radical (unpaired) electrons. The van der Waals surface area contributed by atoms with E-state index in [1.54, 1.807) is 41.5 Å². The maximum atomic E-state index is 14.7. The van der Waals surface area contributed by atoms with Gasteiger partial charge in [-0.2, -0.15) is 0 Å². The van der Waals surface area contributed by atoms with Crippen molar-refractivity contribution in [1.29, 1.82) is 0 Å². The number of nitrogens with one attached hydrogen (secondary N) is 2. The third-order valence-corrected chi connectivity index (χ3v) is 13.0. The Kier molecular flexibility index (Phi) is 22.0. The summed E-state index contributed by atoms with van der Waals surface area (Å²) in [6.07, 6.45) is 6.27. The molecule has 3 amide bonds. The zero-order valence-corrected chi connectivity index (χ0v) is 39.4. The summed E-state index contributed by atoms with van der Waals surface area (Å²) < 4.78 is 10.8. The molecule has 0 spiro atoms. The molecule has 15 heteroatoms. The van der Waals surface area contributed by atoms with Crippen LogP contribution in [0, 0.1) is 23.7 Å². The van der Waals surface area contributed by atoms with Gasteiger partial charge in [-0.1, -0.05) is 80.4 Å². The Labute approximate surface area is 373 Å². The number of phenols is 1. The van der Waals surface area contributed by atoms with Crippen molar-refractivity contribution < 1.29 is 43.3 Å². The second-order valence-electron chi connectivity index (χ2n) is 17.5. The van der Waals surface area contributed by atoms with Crippen molar-refractivity contribution in [2.75, 3.05) is 33.5 Å². The van der Waals surface area contributed by atoms with Crippen LogP contribution in [0.5, 0.6) is 5.75 Å². The number of carbonyl (C=O) groups excluding carboxylic acids is 6. The number of hydrogen-bond acceptors (Lipinski definition) is 12. The second-order valence-corrected chi connectivity index (χ2v) is 18.4. The standard InChI is InChI=1S/C47H73N5O9S/c1-10-15-41(55)61-29-52(47(59)43(31(6)12-3)50-45(58)38-16-13-14-21-51(38)9)39(30(4)5)24-33(8)46-49-37(28-62-46)40(54)26-35(25-34-17-19-36(53)20-18-34)23-32(7)44(57)48-27-42(56)60-22-11-2/h17-20,28,30-33,35,38-39,43,53H,10-16,21-27,29H2,1-9H3,(H,48,57)(H,50,58)/t31?,32-,33+,35+,38+,39+,43-/m0/s1. The van der Waals surface area contributed by atoms with Crippen LogP contribution in [-0.4, -0.2) is 107 Å². The van der Waals surface area contributed by atoms with Gasteiger partial charge in [0, 0.05) is 36.1 Å². The lowest BCUT2D eigenvalue weighted by molar-refractivity contribution is -0.159. The number of rotatable bonds is 26. The van der Waals surface area contributed by atoms with Gasteiger partial charge in [0.25, 0.3) is 0 Å². The summed E-state index contributed by atoms with van der Waals surface area (Å²) in [7, 11) is 1.94. The van der Waals surface area contributed by atoms with E-state index < -0.39 is 29.9 Å². The van der Waals surface area contributed by atoms with Crippen LogP contribution in [0.4, 0.5) is 0 Å². The maximum absolute atomic E-state index is 14.7. The fraction of sp³-hybridized carbons (Fsp3) is 0.681. The molecule has 2 heterocycles. The van der Waals surface area contributed by atoms with E-state index in [1.807, 2.05) is 60.4 Å². The highest BCUT2D eigenvalue weighted by molar-refractivity contribution is 7.09. The highest BCUT2D eigenvalue weighted by Gasteiger charge is 2.38. The van der Waals surface area contributed by atoms with E-state index in [9.17, 15) is 33.9 Å². The Bertz CT molecular complexity index is 1750. The summed E-state index contributed by atoms with van der Waals surface area (Å²) >= 11 is 1.37. The van der Waals surface area contributed by atoms with Crippen LogP contribution in [0.2, 0.25) is 0 Å². The normalized spacial score (nSPS) is 17.2. The lowest BCUT2D eigenvalue weighted by Gasteiger charge is -2.39. The Morgan fingerprint density at radius 3 is 2.29 bits per heavy atom. The van der Waals surface area contributed by atoms with Crippen molar-refractivity contribution >= 4 is 46.8 Å². The molecule has 3 rings (SSSR count). The number of aromatic nitrogens is 1. The first-order valence-corrected chi connectivity index (χ1v) is 23.5. The molecule has 1 aliphatic heterocycles. The van der Waals surface area contributed by atoms with Gasteiger partial charge in [-0.3, -0.25) is 33.7 Å². The first-order chi connectivity index (χ1) is 29.5. The van der Waals surface area contributed by atoms with Crippen LogP contribution < -0.4 is 10.6 Å². The predicted octanol–water partition coefficient (Wildman–Crippen LogP) is 7.04. The van der Waals surface area contributed by atoms with Crippen LogP contribution in [0.1, 0.15) is 147 Å². The molecule has 1 aromatic heterocycles. The average molecular weight is 884 g/mol. The molecule has 7 atom stereocenters. The van der Waals surface area contributed by atoms with Gasteiger partial charge in [-0.05, 0) is 94.0 Å². The third kappa shape index (κ3) is 16.4. The number of esters is 2. The van der Waals surface area contributed by atoms with Gasteiger partial charge in [-0.15, -0.1) is 11.3 Å².